The van der Waals surface area contributed by atoms with E-state index in [1.807, 2.05) is 13.2 Å². The van der Waals surface area contributed by atoms with Gasteiger partial charge in [0.1, 0.15) is 12.6 Å². The highest BCUT2D eigenvalue weighted by molar-refractivity contribution is 7.98. The van der Waals surface area contributed by atoms with Crippen LogP contribution in [0.25, 0.3) is 0 Å². The molecule has 7 nitrogen and oxygen atoms in total. The van der Waals surface area contributed by atoms with Crippen LogP contribution in [0.15, 0.2) is 0 Å². The minimum absolute atomic E-state index is 0.0260. The summed E-state index contributed by atoms with van der Waals surface area (Å²) in [5.74, 6) is -0.710. The first-order chi connectivity index (χ1) is 8.99. The van der Waals surface area contributed by atoms with Crippen molar-refractivity contribution in [2.24, 2.45) is 0 Å². The summed E-state index contributed by atoms with van der Waals surface area (Å²) in [5.41, 5.74) is 0. The number of hydrogen-bond acceptors (Lipinski definition) is 4. The molecule has 0 aromatic heterocycles. The smallest absolute Gasteiger partial charge is 0.328 e. The molecule has 0 aromatic rings. The lowest BCUT2D eigenvalue weighted by molar-refractivity contribution is -0.144. The Labute approximate surface area is 116 Å². The minimum atomic E-state index is -1.12. The zero-order valence-corrected chi connectivity index (χ0v) is 11.8. The maximum atomic E-state index is 12.1. The van der Waals surface area contributed by atoms with Crippen LogP contribution in [-0.4, -0.2) is 65.1 Å². The Morgan fingerprint density at radius 3 is 2.84 bits per heavy atom. The van der Waals surface area contributed by atoms with Gasteiger partial charge in [0.25, 0.3) is 0 Å². The molecule has 0 aromatic carbocycles. The first-order valence-corrected chi connectivity index (χ1v) is 7.44. The molecule has 2 atom stereocenters. The molecule has 3 amide bonds. The predicted molar refractivity (Wildman–Crippen MR) is 72.1 cm³/mol. The Hall–Kier alpha value is -1.44. The number of aliphatic carboxylic acids is 1. The lowest BCUT2D eigenvalue weighted by Crippen LogP contribution is -2.62. The van der Waals surface area contributed by atoms with Gasteiger partial charge >= 0.3 is 12.0 Å². The van der Waals surface area contributed by atoms with Crippen molar-refractivity contribution in [3.63, 3.8) is 0 Å². The third-order valence-corrected chi connectivity index (χ3v) is 3.65. The van der Waals surface area contributed by atoms with Crippen LogP contribution in [0.4, 0.5) is 4.79 Å². The predicted octanol–water partition coefficient (Wildman–Crippen LogP) is -0.277. The summed E-state index contributed by atoms with van der Waals surface area (Å²) in [4.78, 5) is 35.5. The Kier molecular flexibility index (Phi) is 5.94. The summed E-state index contributed by atoms with van der Waals surface area (Å²) >= 11 is 1.60. The average molecular weight is 289 g/mol. The number of carboxylic acid groups (broad SMARTS) is 1. The molecule has 0 saturated carbocycles. The fourth-order valence-electron chi connectivity index (χ4n) is 1.80. The number of carbonyl (C=O) groups excluding carboxylic acids is 2. The molecule has 2 unspecified atom stereocenters. The summed E-state index contributed by atoms with van der Waals surface area (Å²) in [6.45, 7) is 1.66. The Bertz CT molecular complexity index is 364. The lowest BCUT2D eigenvalue weighted by Gasteiger charge is -2.33. The van der Waals surface area contributed by atoms with Crippen LogP contribution in [0.5, 0.6) is 0 Å². The number of piperazine rings is 1. The van der Waals surface area contributed by atoms with E-state index in [-0.39, 0.29) is 25.0 Å². The number of amides is 3. The van der Waals surface area contributed by atoms with Crippen LogP contribution in [0.1, 0.15) is 13.3 Å². The monoisotopic (exact) mass is 289 g/mol. The van der Waals surface area contributed by atoms with Crippen LogP contribution in [0, 0.1) is 0 Å². The van der Waals surface area contributed by atoms with E-state index in [1.165, 1.54) is 0 Å². The Morgan fingerprint density at radius 1 is 1.63 bits per heavy atom. The molecular weight excluding hydrogens is 270 g/mol. The quantitative estimate of drug-likeness (QED) is 0.646. The molecule has 1 aliphatic heterocycles. The molecule has 1 rings (SSSR count). The first-order valence-electron chi connectivity index (χ1n) is 6.05. The topological polar surface area (TPSA) is 98.7 Å². The van der Waals surface area contributed by atoms with Crippen molar-refractivity contribution in [2.45, 2.75) is 25.4 Å². The number of nitrogens with zero attached hydrogens (tertiary/aromatic N) is 1. The Morgan fingerprint density at radius 2 is 2.32 bits per heavy atom. The first kappa shape index (κ1) is 15.6. The van der Waals surface area contributed by atoms with Crippen LogP contribution in [-0.2, 0) is 9.59 Å². The number of rotatable bonds is 5. The maximum absolute atomic E-state index is 12.1. The van der Waals surface area contributed by atoms with Gasteiger partial charge in [0, 0.05) is 18.3 Å². The van der Waals surface area contributed by atoms with E-state index in [0.717, 1.165) is 17.1 Å². The van der Waals surface area contributed by atoms with Gasteiger partial charge in [-0.05, 0) is 12.7 Å². The summed E-state index contributed by atoms with van der Waals surface area (Å²) in [6.07, 6.45) is 2.69. The second-order valence-corrected chi connectivity index (χ2v) is 5.21. The van der Waals surface area contributed by atoms with E-state index in [2.05, 4.69) is 10.6 Å². The standard InChI is InChI=1S/C11H19N3O4S/c1-3-7(6-19-2)13-11(18)14-5-9(15)12-4-8(14)10(16)17/h7-8H,3-6H2,1-2H3,(H,12,15)(H,13,18)(H,16,17). The molecule has 19 heavy (non-hydrogen) atoms. The van der Waals surface area contributed by atoms with Gasteiger partial charge in [-0.25, -0.2) is 9.59 Å². The van der Waals surface area contributed by atoms with Gasteiger partial charge in [-0.1, -0.05) is 6.92 Å². The van der Waals surface area contributed by atoms with Gasteiger partial charge in [0.05, 0.1) is 0 Å². The molecule has 0 spiro atoms. The van der Waals surface area contributed by atoms with E-state index < -0.39 is 18.0 Å². The average Bonchev–Trinajstić information content (AvgIpc) is 2.37. The maximum Gasteiger partial charge on any atom is 0.328 e. The van der Waals surface area contributed by atoms with Crippen molar-refractivity contribution in [1.29, 1.82) is 0 Å². The fraction of sp³-hybridized carbons (Fsp3) is 0.727. The van der Waals surface area contributed by atoms with E-state index in [0.29, 0.717) is 0 Å². The number of hydrogen-bond donors (Lipinski definition) is 3. The van der Waals surface area contributed by atoms with Crippen molar-refractivity contribution in [3.8, 4) is 0 Å². The van der Waals surface area contributed by atoms with Crippen molar-refractivity contribution in [3.05, 3.63) is 0 Å². The highest BCUT2D eigenvalue weighted by atomic mass is 32.2. The summed E-state index contributed by atoms with van der Waals surface area (Å²) in [7, 11) is 0. The molecule has 8 heteroatoms. The number of carbonyl (C=O) groups is 3. The highest BCUT2D eigenvalue weighted by Gasteiger charge is 2.35. The van der Waals surface area contributed by atoms with Crippen molar-refractivity contribution >= 4 is 29.7 Å². The molecule has 1 heterocycles. The lowest BCUT2D eigenvalue weighted by atomic mass is 10.2. The molecule has 1 aliphatic rings. The van der Waals surface area contributed by atoms with Gasteiger partial charge in [0.15, 0.2) is 0 Å². The number of thioether (sulfide) groups is 1. The summed E-state index contributed by atoms with van der Waals surface area (Å²) < 4.78 is 0. The largest absolute Gasteiger partial charge is 0.480 e. The van der Waals surface area contributed by atoms with Crippen molar-refractivity contribution < 1.29 is 19.5 Å². The SMILES string of the molecule is CCC(CSC)NC(=O)N1CC(=O)NCC1C(=O)O. The normalized spacial score (nSPS) is 20.6. The highest BCUT2D eigenvalue weighted by Crippen LogP contribution is 2.07. The second kappa shape index (κ2) is 7.22. The van der Waals surface area contributed by atoms with Crippen LogP contribution < -0.4 is 10.6 Å². The van der Waals surface area contributed by atoms with E-state index in [4.69, 9.17) is 5.11 Å². The van der Waals surface area contributed by atoms with E-state index in [9.17, 15) is 14.4 Å². The molecule has 0 aliphatic carbocycles. The number of urea groups is 1. The number of carboxylic acids is 1. The summed E-state index contributed by atoms with van der Waals surface area (Å²) in [6, 6.07) is -1.53. The zero-order valence-electron chi connectivity index (χ0n) is 11.0. The molecule has 108 valence electrons. The molecule has 1 fully saturated rings. The van der Waals surface area contributed by atoms with Gasteiger partial charge < -0.3 is 15.7 Å². The second-order valence-electron chi connectivity index (χ2n) is 4.30. The zero-order chi connectivity index (χ0) is 14.4. The summed E-state index contributed by atoms with van der Waals surface area (Å²) in [5, 5.41) is 14.3. The molecule has 0 bridgehead atoms. The van der Waals surface area contributed by atoms with Crippen LogP contribution >= 0.6 is 11.8 Å². The van der Waals surface area contributed by atoms with Crippen molar-refractivity contribution in [2.75, 3.05) is 25.1 Å². The molecule has 1 saturated heterocycles. The molecule has 0 radical (unpaired) electrons. The molecule has 3 N–H and O–H groups in total. The third-order valence-electron chi connectivity index (χ3n) is 2.92. The van der Waals surface area contributed by atoms with E-state index >= 15 is 0 Å². The van der Waals surface area contributed by atoms with Gasteiger partial charge in [0.2, 0.25) is 5.91 Å². The van der Waals surface area contributed by atoms with Gasteiger partial charge in [-0.2, -0.15) is 11.8 Å². The van der Waals surface area contributed by atoms with Crippen LogP contribution in [0.3, 0.4) is 0 Å². The molecular formula is C11H19N3O4S. The van der Waals surface area contributed by atoms with Gasteiger partial charge in [-0.3, -0.25) is 9.69 Å². The van der Waals surface area contributed by atoms with Crippen LogP contribution in [0.2, 0.25) is 0 Å². The minimum Gasteiger partial charge on any atom is -0.480 e. The van der Waals surface area contributed by atoms with Crippen molar-refractivity contribution in [1.82, 2.24) is 15.5 Å². The third kappa shape index (κ3) is 4.30. The van der Waals surface area contributed by atoms with E-state index in [1.54, 1.807) is 11.8 Å². The Balaban J connectivity index is 2.70. The van der Waals surface area contributed by atoms with Gasteiger partial charge in [-0.15, -0.1) is 0 Å². The number of nitrogens with one attached hydrogen (secondary N) is 2. The fourth-order valence-corrected chi connectivity index (χ4v) is 2.52.